The molecule has 0 radical (unpaired) electrons. The van der Waals surface area contributed by atoms with Crippen molar-refractivity contribution in [2.45, 2.75) is 26.7 Å². The number of carbonyl (C=O) groups excluding carboxylic acids is 3. The van der Waals surface area contributed by atoms with Crippen LogP contribution < -0.4 is 15.0 Å². The number of unbranched alkanes of at least 4 members (excludes halogenated alkanes) is 1. The molecule has 2 amide bonds. The van der Waals surface area contributed by atoms with Gasteiger partial charge in [-0.25, -0.2) is 19.0 Å². The number of piperazine rings is 1. The predicted molar refractivity (Wildman–Crippen MR) is 157 cm³/mol. The van der Waals surface area contributed by atoms with Crippen molar-refractivity contribution in [2.24, 2.45) is 0 Å². The number of pyridine rings is 1. The van der Waals surface area contributed by atoms with E-state index in [2.05, 4.69) is 15.2 Å². The molecule has 2 heterocycles. The van der Waals surface area contributed by atoms with Crippen molar-refractivity contribution in [1.29, 1.82) is 0 Å². The summed E-state index contributed by atoms with van der Waals surface area (Å²) in [6.07, 6.45) is 3.16. The van der Waals surface area contributed by atoms with Crippen LogP contribution >= 0.6 is 0 Å². The Bertz CT molecular complexity index is 1460. The maximum absolute atomic E-state index is 14.9. The zero-order valence-electron chi connectivity index (χ0n) is 24.2. The van der Waals surface area contributed by atoms with Gasteiger partial charge in [0.1, 0.15) is 17.4 Å². The summed E-state index contributed by atoms with van der Waals surface area (Å²) in [7, 11) is 2.79. The summed E-state index contributed by atoms with van der Waals surface area (Å²) in [4.78, 5) is 44.8. The van der Waals surface area contributed by atoms with E-state index in [9.17, 15) is 18.8 Å². The molecule has 0 saturated carbocycles. The summed E-state index contributed by atoms with van der Waals surface area (Å²) in [5.41, 5.74) is 2.52. The highest BCUT2D eigenvalue weighted by Gasteiger charge is 2.24. The van der Waals surface area contributed by atoms with Gasteiger partial charge in [-0.1, -0.05) is 19.4 Å². The second kappa shape index (κ2) is 13.8. The van der Waals surface area contributed by atoms with E-state index in [-0.39, 0.29) is 17.3 Å². The van der Waals surface area contributed by atoms with Crippen molar-refractivity contribution in [3.8, 4) is 28.0 Å². The van der Waals surface area contributed by atoms with Crippen LogP contribution in [0.4, 0.5) is 20.7 Å². The number of halogens is 1. The highest BCUT2D eigenvalue weighted by atomic mass is 19.1. The molecule has 11 heteroatoms. The third-order valence-electron chi connectivity index (χ3n) is 6.95. The molecule has 1 N–H and O–H groups in total. The van der Waals surface area contributed by atoms with Crippen LogP contribution in [0.2, 0.25) is 0 Å². The number of nitrogens with zero attached hydrogens (tertiary/aromatic N) is 3. The average molecular weight is 579 g/mol. The fourth-order valence-corrected chi connectivity index (χ4v) is 4.76. The minimum atomic E-state index is -0.630. The molecule has 0 bridgehead atoms. The summed E-state index contributed by atoms with van der Waals surface area (Å²) < 4.78 is 31.1. The molecular weight excluding hydrogens is 543 g/mol. The fraction of sp³-hybridized carbons (Fsp3) is 0.355. The number of rotatable bonds is 9. The van der Waals surface area contributed by atoms with Gasteiger partial charge in [-0.05, 0) is 53.9 Å². The standard InChI is InChI=1S/C31H35FN4O6/c1-5-6-15-42-31(39)36-13-11-35(12-14-36)28-19-22(9-10-33-28)25-17-23(30(38)41-4)16-24(29(25)40-3)21-7-8-27(26(32)18-21)34-20(2)37/h7-10,16-19H,5-6,11-15H2,1-4H3,(H,34,37). The summed E-state index contributed by atoms with van der Waals surface area (Å²) in [5.74, 6) is -0.465. The quantitative estimate of drug-likeness (QED) is 0.267. The number of ether oxygens (including phenoxy) is 3. The van der Waals surface area contributed by atoms with E-state index in [1.807, 2.05) is 13.0 Å². The molecule has 1 saturated heterocycles. The first-order valence-electron chi connectivity index (χ1n) is 13.8. The van der Waals surface area contributed by atoms with Gasteiger partial charge in [0.05, 0.1) is 32.1 Å². The van der Waals surface area contributed by atoms with E-state index >= 15 is 0 Å². The van der Waals surface area contributed by atoms with Crippen molar-refractivity contribution in [3.63, 3.8) is 0 Å². The Kier molecular flexibility index (Phi) is 9.95. The molecule has 1 aliphatic heterocycles. The number of nitrogens with one attached hydrogen (secondary N) is 1. The van der Waals surface area contributed by atoms with E-state index in [1.165, 1.54) is 33.3 Å². The van der Waals surface area contributed by atoms with Gasteiger partial charge < -0.3 is 29.3 Å². The van der Waals surface area contributed by atoms with Crippen molar-refractivity contribution in [2.75, 3.05) is 57.2 Å². The van der Waals surface area contributed by atoms with E-state index in [4.69, 9.17) is 14.2 Å². The lowest BCUT2D eigenvalue weighted by Crippen LogP contribution is -2.49. The van der Waals surface area contributed by atoms with Gasteiger partial charge in [0.25, 0.3) is 0 Å². The summed E-state index contributed by atoms with van der Waals surface area (Å²) >= 11 is 0. The summed E-state index contributed by atoms with van der Waals surface area (Å²) in [6, 6.07) is 11.3. The van der Waals surface area contributed by atoms with E-state index in [0.29, 0.717) is 61.0 Å². The predicted octanol–water partition coefficient (Wildman–Crippen LogP) is 5.37. The minimum Gasteiger partial charge on any atom is -0.495 e. The smallest absolute Gasteiger partial charge is 0.409 e. The van der Waals surface area contributed by atoms with Crippen molar-refractivity contribution >= 4 is 29.5 Å². The first kappa shape index (κ1) is 30.3. The van der Waals surface area contributed by atoms with Gasteiger partial charge in [0.2, 0.25) is 5.91 Å². The Hall–Kier alpha value is -4.67. The number of carbonyl (C=O) groups is 3. The maximum atomic E-state index is 14.9. The number of hydrogen-bond acceptors (Lipinski definition) is 8. The third kappa shape index (κ3) is 6.96. The first-order valence-corrected chi connectivity index (χ1v) is 13.8. The minimum absolute atomic E-state index is 0.0441. The van der Waals surface area contributed by atoms with Crippen molar-refractivity contribution < 1.29 is 33.0 Å². The average Bonchev–Trinajstić information content (AvgIpc) is 3.01. The first-order chi connectivity index (χ1) is 20.2. The molecule has 0 spiro atoms. The largest absolute Gasteiger partial charge is 0.495 e. The Morgan fingerprint density at radius 1 is 0.976 bits per heavy atom. The lowest BCUT2D eigenvalue weighted by atomic mass is 9.94. The van der Waals surface area contributed by atoms with Crippen LogP contribution in [0.25, 0.3) is 22.3 Å². The number of hydrogen-bond donors (Lipinski definition) is 1. The van der Waals surface area contributed by atoms with Gasteiger partial charge in [-0.3, -0.25) is 4.79 Å². The highest BCUT2D eigenvalue weighted by Crippen LogP contribution is 2.41. The molecule has 4 rings (SSSR count). The SMILES string of the molecule is CCCCOC(=O)N1CCN(c2cc(-c3cc(C(=O)OC)cc(-c4ccc(NC(C)=O)c(F)c4)c3OC)ccn2)CC1. The zero-order chi connectivity index (χ0) is 30.2. The maximum Gasteiger partial charge on any atom is 0.409 e. The Balaban J connectivity index is 1.67. The second-order valence-corrected chi connectivity index (χ2v) is 9.82. The molecule has 1 aliphatic rings. The van der Waals surface area contributed by atoms with Gasteiger partial charge >= 0.3 is 12.1 Å². The lowest BCUT2D eigenvalue weighted by Gasteiger charge is -2.35. The normalized spacial score (nSPS) is 13.0. The Labute approximate surface area is 244 Å². The molecular formula is C31H35FN4O6. The Morgan fingerprint density at radius 3 is 2.26 bits per heavy atom. The number of esters is 1. The van der Waals surface area contributed by atoms with Crippen LogP contribution in [-0.2, 0) is 14.3 Å². The van der Waals surface area contributed by atoms with Crippen LogP contribution in [0, 0.1) is 5.82 Å². The number of aromatic nitrogens is 1. The lowest BCUT2D eigenvalue weighted by molar-refractivity contribution is -0.114. The summed E-state index contributed by atoms with van der Waals surface area (Å²) in [5, 5.41) is 2.45. The number of benzene rings is 2. The molecule has 3 aromatic rings. The van der Waals surface area contributed by atoms with Crippen LogP contribution in [0.3, 0.4) is 0 Å². The third-order valence-corrected chi connectivity index (χ3v) is 6.95. The molecule has 10 nitrogen and oxygen atoms in total. The van der Waals surface area contributed by atoms with Crippen molar-refractivity contribution in [3.05, 3.63) is 60.0 Å². The van der Waals surface area contributed by atoms with Gasteiger partial charge in [-0.2, -0.15) is 0 Å². The van der Waals surface area contributed by atoms with Crippen LogP contribution in [-0.4, -0.2) is 74.9 Å². The van der Waals surface area contributed by atoms with Gasteiger partial charge in [0, 0.05) is 50.4 Å². The fourth-order valence-electron chi connectivity index (χ4n) is 4.76. The number of methoxy groups -OCH3 is 2. The number of amides is 2. The Morgan fingerprint density at radius 2 is 1.67 bits per heavy atom. The number of anilines is 2. The van der Waals surface area contributed by atoms with Crippen molar-refractivity contribution in [1.82, 2.24) is 9.88 Å². The van der Waals surface area contributed by atoms with Crippen LogP contribution in [0.15, 0.2) is 48.7 Å². The molecule has 42 heavy (non-hydrogen) atoms. The second-order valence-electron chi connectivity index (χ2n) is 9.82. The molecule has 0 unspecified atom stereocenters. The molecule has 1 fully saturated rings. The molecule has 0 aliphatic carbocycles. The van der Waals surface area contributed by atoms with Gasteiger partial charge in [0.15, 0.2) is 0 Å². The van der Waals surface area contributed by atoms with Gasteiger partial charge in [-0.15, -0.1) is 0 Å². The zero-order valence-corrected chi connectivity index (χ0v) is 24.2. The molecule has 2 aromatic carbocycles. The summed E-state index contributed by atoms with van der Waals surface area (Å²) in [6.45, 7) is 5.91. The molecule has 222 valence electrons. The van der Waals surface area contributed by atoms with Crippen LogP contribution in [0.1, 0.15) is 37.0 Å². The highest BCUT2D eigenvalue weighted by molar-refractivity contribution is 5.96. The van der Waals surface area contributed by atoms with Crippen LogP contribution in [0.5, 0.6) is 5.75 Å². The topological polar surface area (TPSA) is 110 Å². The van der Waals surface area contributed by atoms with E-state index in [0.717, 1.165) is 18.4 Å². The molecule has 1 aromatic heterocycles. The van der Waals surface area contributed by atoms with E-state index < -0.39 is 17.7 Å². The monoisotopic (exact) mass is 578 g/mol. The van der Waals surface area contributed by atoms with E-state index in [1.54, 1.807) is 35.4 Å². The molecule has 0 atom stereocenters.